The van der Waals surface area contributed by atoms with Crippen molar-refractivity contribution in [2.24, 2.45) is 0 Å². The molecule has 2 aromatic carbocycles. The maximum atomic E-state index is 15.0. The van der Waals surface area contributed by atoms with Crippen LogP contribution in [0.1, 0.15) is 37.5 Å². The number of aromatic nitrogens is 1. The second kappa shape index (κ2) is 11.4. The lowest BCUT2D eigenvalue weighted by Gasteiger charge is -2.48. The fourth-order valence-corrected chi connectivity index (χ4v) is 5.16. The van der Waals surface area contributed by atoms with Crippen LogP contribution in [0.5, 0.6) is 11.5 Å². The van der Waals surface area contributed by atoms with Gasteiger partial charge in [0.05, 0.1) is 38.2 Å². The Kier molecular flexibility index (Phi) is 7.85. The van der Waals surface area contributed by atoms with Crippen molar-refractivity contribution in [3.05, 3.63) is 71.2 Å². The molecule has 1 fully saturated rings. The van der Waals surface area contributed by atoms with Gasteiger partial charge in [-0.3, -0.25) is 9.80 Å². The van der Waals surface area contributed by atoms with Crippen molar-refractivity contribution < 1.29 is 28.2 Å². The number of pyridine rings is 1. The SMILES string of the molecule is COc1ccc(CNc2cc3c(cn2)CN(c2c(C)cccc2F)C(=O)N3C2CN(C(=O)OC(C)(C)C)C2)c(OC)c1. The standard InChI is InChI=1S/C31H36FN5O5/c1-19-8-7-9-24(32)28(19)36-16-21-15-34-27(33-14-20-10-11-23(40-5)12-26(20)41-6)13-25(21)37(29(36)38)22-17-35(18-22)30(39)42-31(2,3)4/h7-13,15,22H,14,16-18H2,1-6H3,(H,33,34). The maximum Gasteiger partial charge on any atom is 0.410 e. The molecule has 0 unspecified atom stereocenters. The minimum Gasteiger partial charge on any atom is -0.497 e. The zero-order valence-corrected chi connectivity index (χ0v) is 24.7. The third-order valence-corrected chi connectivity index (χ3v) is 7.28. The van der Waals surface area contributed by atoms with Crippen LogP contribution < -0.4 is 24.6 Å². The first kappa shape index (κ1) is 29.0. The van der Waals surface area contributed by atoms with Gasteiger partial charge in [0.15, 0.2) is 0 Å². The average Bonchev–Trinajstić information content (AvgIpc) is 2.91. The van der Waals surface area contributed by atoms with Gasteiger partial charge in [0, 0.05) is 49.1 Å². The third kappa shape index (κ3) is 5.77. The summed E-state index contributed by atoms with van der Waals surface area (Å²) in [6.45, 7) is 8.37. The fraction of sp³-hybridized carbons (Fsp3) is 0.387. The first-order chi connectivity index (χ1) is 20.0. The third-order valence-electron chi connectivity index (χ3n) is 7.28. The van der Waals surface area contributed by atoms with Gasteiger partial charge in [-0.15, -0.1) is 0 Å². The molecule has 0 radical (unpaired) electrons. The number of likely N-dealkylation sites (tertiary alicyclic amines) is 1. The molecule has 3 aromatic rings. The molecule has 0 aliphatic carbocycles. The van der Waals surface area contributed by atoms with Gasteiger partial charge >= 0.3 is 12.1 Å². The molecule has 3 amide bonds. The highest BCUT2D eigenvalue weighted by Gasteiger charge is 2.44. The number of para-hydroxylation sites is 1. The molecule has 1 aromatic heterocycles. The van der Waals surface area contributed by atoms with Crippen molar-refractivity contribution in [1.82, 2.24) is 9.88 Å². The molecule has 0 atom stereocenters. The smallest absolute Gasteiger partial charge is 0.410 e. The molecule has 1 N–H and O–H groups in total. The number of benzene rings is 2. The van der Waals surface area contributed by atoms with E-state index in [-0.39, 0.29) is 37.4 Å². The molecule has 2 aliphatic heterocycles. The van der Waals surface area contributed by atoms with Crippen molar-refractivity contribution in [1.29, 1.82) is 0 Å². The number of methoxy groups -OCH3 is 2. The van der Waals surface area contributed by atoms with Gasteiger partial charge in [0.1, 0.15) is 28.7 Å². The lowest BCUT2D eigenvalue weighted by Crippen LogP contribution is -2.66. The van der Waals surface area contributed by atoms with E-state index in [1.54, 1.807) is 49.3 Å². The molecule has 42 heavy (non-hydrogen) atoms. The molecular weight excluding hydrogens is 541 g/mol. The Labute approximate surface area is 245 Å². The van der Waals surface area contributed by atoms with E-state index in [0.717, 1.165) is 11.1 Å². The van der Waals surface area contributed by atoms with Crippen LogP contribution in [0.3, 0.4) is 0 Å². The predicted octanol–water partition coefficient (Wildman–Crippen LogP) is 5.72. The molecule has 5 rings (SSSR count). The Hall–Kier alpha value is -4.54. The number of carbonyl (C=O) groups excluding carboxylic acids is 2. The van der Waals surface area contributed by atoms with E-state index >= 15 is 4.39 Å². The zero-order valence-electron chi connectivity index (χ0n) is 24.7. The van der Waals surface area contributed by atoms with Gasteiger partial charge in [0.2, 0.25) is 0 Å². The topological polar surface area (TPSA) is 96.5 Å². The number of amides is 3. The minimum absolute atomic E-state index is 0.161. The van der Waals surface area contributed by atoms with Crippen LogP contribution in [0, 0.1) is 12.7 Å². The number of hydrogen-bond donors (Lipinski definition) is 1. The van der Waals surface area contributed by atoms with Crippen LogP contribution in [-0.4, -0.2) is 61.0 Å². The van der Waals surface area contributed by atoms with Gasteiger partial charge in [-0.25, -0.2) is 19.0 Å². The lowest BCUT2D eigenvalue weighted by molar-refractivity contribution is 0.00862. The van der Waals surface area contributed by atoms with Crippen LogP contribution in [0.25, 0.3) is 0 Å². The van der Waals surface area contributed by atoms with Crippen molar-refractivity contribution in [2.45, 2.75) is 52.4 Å². The number of anilines is 3. The summed E-state index contributed by atoms with van der Waals surface area (Å²) in [4.78, 5) is 35.9. The Morgan fingerprint density at radius 2 is 1.88 bits per heavy atom. The maximum absolute atomic E-state index is 15.0. The highest BCUT2D eigenvalue weighted by molar-refractivity contribution is 6.07. The molecule has 0 saturated carbocycles. The largest absolute Gasteiger partial charge is 0.497 e. The summed E-state index contributed by atoms with van der Waals surface area (Å²) in [6, 6.07) is 11.5. The summed E-state index contributed by atoms with van der Waals surface area (Å²) in [5.41, 5.74) is 2.58. The second-order valence-corrected chi connectivity index (χ2v) is 11.4. The normalized spacial score (nSPS) is 15.2. The van der Waals surface area contributed by atoms with E-state index in [1.807, 2.05) is 45.0 Å². The first-order valence-corrected chi connectivity index (χ1v) is 13.8. The van der Waals surface area contributed by atoms with Gasteiger partial charge < -0.3 is 24.4 Å². The molecule has 3 heterocycles. The van der Waals surface area contributed by atoms with Crippen molar-refractivity contribution in [3.63, 3.8) is 0 Å². The van der Waals surface area contributed by atoms with Gasteiger partial charge in [0.25, 0.3) is 0 Å². The molecule has 0 spiro atoms. The van der Waals surface area contributed by atoms with Crippen molar-refractivity contribution >= 4 is 29.3 Å². The summed E-state index contributed by atoms with van der Waals surface area (Å²) in [6.07, 6.45) is 1.27. The second-order valence-electron chi connectivity index (χ2n) is 11.4. The van der Waals surface area contributed by atoms with E-state index in [4.69, 9.17) is 14.2 Å². The summed E-state index contributed by atoms with van der Waals surface area (Å²) in [7, 11) is 3.20. The van der Waals surface area contributed by atoms with Crippen LogP contribution in [0.4, 0.5) is 31.2 Å². The number of nitrogens with one attached hydrogen (secondary N) is 1. The van der Waals surface area contributed by atoms with Crippen LogP contribution in [0.15, 0.2) is 48.7 Å². The van der Waals surface area contributed by atoms with E-state index in [0.29, 0.717) is 35.1 Å². The summed E-state index contributed by atoms with van der Waals surface area (Å²) < 4.78 is 31.4. The van der Waals surface area contributed by atoms with Crippen LogP contribution in [-0.2, 0) is 17.8 Å². The highest BCUT2D eigenvalue weighted by Crippen LogP contribution is 2.38. The van der Waals surface area contributed by atoms with E-state index < -0.39 is 17.5 Å². The Balaban J connectivity index is 1.44. The van der Waals surface area contributed by atoms with Gasteiger partial charge in [-0.05, 0) is 51.5 Å². The fourth-order valence-electron chi connectivity index (χ4n) is 5.16. The van der Waals surface area contributed by atoms with Crippen molar-refractivity contribution in [2.75, 3.05) is 42.4 Å². The molecule has 222 valence electrons. The number of carbonyl (C=O) groups is 2. The molecule has 1 saturated heterocycles. The number of nitrogens with zero attached hydrogens (tertiary/aromatic N) is 4. The molecule has 11 heteroatoms. The van der Waals surface area contributed by atoms with E-state index in [2.05, 4.69) is 10.3 Å². The number of halogens is 1. The van der Waals surface area contributed by atoms with Gasteiger partial charge in [-0.1, -0.05) is 12.1 Å². The number of rotatable bonds is 7. The average molecular weight is 578 g/mol. The molecule has 10 nitrogen and oxygen atoms in total. The van der Waals surface area contributed by atoms with E-state index in [9.17, 15) is 9.59 Å². The summed E-state index contributed by atoms with van der Waals surface area (Å²) >= 11 is 0. The van der Waals surface area contributed by atoms with Crippen molar-refractivity contribution in [3.8, 4) is 11.5 Å². The van der Waals surface area contributed by atoms with Gasteiger partial charge in [-0.2, -0.15) is 0 Å². The number of urea groups is 1. The minimum atomic E-state index is -0.631. The zero-order chi connectivity index (χ0) is 30.2. The summed E-state index contributed by atoms with van der Waals surface area (Å²) in [5.74, 6) is 1.44. The molecular formula is C31H36FN5O5. The number of fused-ring (bicyclic) bond motifs is 1. The highest BCUT2D eigenvalue weighted by atomic mass is 19.1. The number of hydrogen-bond acceptors (Lipinski definition) is 7. The Bertz CT molecular complexity index is 1480. The van der Waals surface area contributed by atoms with E-state index in [1.165, 1.54) is 11.0 Å². The number of aryl methyl sites for hydroxylation is 1. The monoisotopic (exact) mass is 577 g/mol. The molecule has 0 bridgehead atoms. The van der Waals surface area contributed by atoms with Crippen LogP contribution >= 0.6 is 0 Å². The number of ether oxygens (including phenoxy) is 3. The first-order valence-electron chi connectivity index (χ1n) is 13.8. The molecule has 2 aliphatic rings. The summed E-state index contributed by atoms with van der Waals surface area (Å²) in [5, 5.41) is 3.32. The Morgan fingerprint density at radius 3 is 2.55 bits per heavy atom. The van der Waals surface area contributed by atoms with Crippen LogP contribution in [0.2, 0.25) is 0 Å². The quantitative estimate of drug-likeness (QED) is 0.384. The lowest BCUT2D eigenvalue weighted by atomic mass is 10.0. The predicted molar refractivity (Wildman–Crippen MR) is 158 cm³/mol. The Morgan fingerprint density at radius 1 is 1.12 bits per heavy atom.